The minimum absolute atomic E-state index is 0.247. The molecule has 0 unspecified atom stereocenters. The van der Waals surface area contributed by atoms with Gasteiger partial charge in [-0.15, -0.1) is 0 Å². The van der Waals surface area contributed by atoms with Crippen LogP contribution in [0.25, 0.3) is 0 Å². The van der Waals surface area contributed by atoms with Crippen LogP contribution in [0.15, 0.2) is 42.6 Å². The number of nitrogens with zero attached hydrogens (tertiary/aromatic N) is 3. The summed E-state index contributed by atoms with van der Waals surface area (Å²) in [6.07, 6.45) is 1.62. The minimum Gasteiger partial charge on any atom is -0.370 e. The van der Waals surface area contributed by atoms with E-state index in [9.17, 15) is 4.39 Å². The topological polar surface area (TPSA) is 39.9 Å². The molecule has 4 heteroatoms. The van der Waals surface area contributed by atoms with Crippen LogP contribution in [0.4, 0.5) is 10.1 Å². The van der Waals surface area contributed by atoms with E-state index >= 15 is 0 Å². The van der Waals surface area contributed by atoms with E-state index < -0.39 is 0 Å². The molecule has 1 aromatic carbocycles. The smallest absolute Gasteiger partial charge is 0.140 e. The van der Waals surface area contributed by atoms with Crippen LogP contribution in [0.2, 0.25) is 0 Å². The number of anilines is 1. The minimum atomic E-state index is -0.247. The number of hydrogen-bond acceptors (Lipinski definition) is 3. The van der Waals surface area contributed by atoms with Crippen molar-refractivity contribution in [1.82, 2.24) is 4.98 Å². The van der Waals surface area contributed by atoms with Gasteiger partial charge in [0.1, 0.15) is 17.6 Å². The SMILES string of the molecule is CN(Cc1ccnc(C#N)c1)c1ccc(F)cc1. The van der Waals surface area contributed by atoms with E-state index in [4.69, 9.17) is 5.26 Å². The van der Waals surface area contributed by atoms with Crippen LogP contribution in [-0.2, 0) is 6.54 Å². The monoisotopic (exact) mass is 241 g/mol. The molecule has 3 nitrogen and oxygen atoms in total. The van der Waals surface area contributed by atoms with Gasteiger partial charge in [-0.25, -0.2) is 9.37 Å². The highest BCUT2D eigenvalue weighted by Gasteiger charge is 2.03. The molecular weight excluding hydrogens is 229 g/mol. The Morgan fingerprint density at radius 1 is 1.28 bits per heavy atom. The number of halogens is 1. The molecule has 0 spiro atoms. The standard InChI is InChI=1S/C14H12FN3/c1-18(14-4-2-12(15)3-5-14)10-11-6-7-17-13(8-11)9-16/h2-8H,10H2,1H3. The summed E-state index contributed by atoms with van der Waals surface area (Å²) < 4.78 is 12.8. The molecule has 0 saturated carbocycles. The predicted molar refractivity (Wildman–Crippen MR) is 67.5 cm³/mol. The molecule has 0 amide bonds. The fourth-order valence-corrected chi connectivity index (χ4v) is 1.69. The maximum atomic E-state index is 12.8. The molecule has 0 atom stereocenters. The molecule has 0 bridgehead atoms. The van der Waals surface area contributed by atoms with Gasteiger partial charge in [0.15, 0.2) is 0 Å². The molecule has 0 saturated heterocycles. The molecule has 0 radical (unpaired) electrons. The Kier molecular flexibility index (Phi) is 3.54. The van der Waals surface area contributed by atoms with Gasteiger partial charge in [0.2, 0.25) is 0 Å². The number of aromatic nitrogens is 1. The third-order valence-electron chi connectivity index (χ3n) is 2.63. The molecule has 18 heavy (non-hydrogen) atoms. The summed E-state index contributed by atoms with van der Waals surface area (Å²) in [5, 5.41) is 8.78. The van der Waals surface area contributed by atoms with E-state index in [0.29, 0.717) is 12.2 Å². The molecule has 90 valence electrons. The van der Waals surface area contributed by atoms with Crippen LogP contribution in [0.5, 0.6) is 0 Å². The lowest BCUT2D eigenvalue weighted by molar-refractivity contribution is 0.627. The van der Waals surface area contributed by atoms with Crippen molar-refractivity contribution >= 4 is 5.69 Å². The summed E-state index contributed by atoms with van der Waals surface area (Å²) in [5.41, 5.74) is 2.32. The highest BCUT2D eigenvalue weighted by Crippen LogP contribution is 2.16. The Morgan fingerprint density at radius 3 is 2.67 bits per heavy atom. The molecule has 0 aliphatic carbocycles. The van der Waals surface area contributed by atoms with Gasteiger partial charge >= 0.3 is 0 Å². The van der Waals surface area contributed by atoms with Crippen molar-refractivity contribution in [3.05, 3.63) is 59.7 Å². The van der Waals surface area contributed by atoms with Crippen molar-refractivity contribution in [3.63, 3.8) is 0 Å². The number of hydrogen-bond donors (Lipinski definition) is 0. The van der Waals surface area contributed by atoms with Gasteiger partial charge in [0.25, 0.3) is 0 Å². The summed E-state index contributed by atoms with van der Waals surface area (Å²) in [4.78, 5) is 5.90. The summed E-state index contributed by atoms with van der Waals surface area (Å²) >= 11 is 0. The quantitative estimate of drug-likeness (QED) is 0.829. The van der Waals surface area contributed by atoms with Crippen molar-refractivity contribution in [1.29, 1.82) is 5.26 Å². The summed E-state index contributed by atoms with van der Waals surface area (Å²) in [6.45, 7) is 0.642. The Bertz CT molecular complexity index is 572. The lowest BCUT2D eigenvalue weighted by Crippen LogP contribution is -2.16. The molecule has 2 rings (SSSR count). The van der Waals surface area contributed by atoms with E-state index in [1.165, 1.54) is 12.1 Å². The second kappa shape index (κ2) is 5.28. The lowest BCUT2D eigenvalue weighted by atomic mass is 10.2. The maximum Gasteiger partial charge on any atom is 0.140 e. The molecule has 1 aromatic heterocycles. The maximum absolute atomic E-state index is 12.8. The third-order valence-corrected chi connectivity index (χ3v) is 2.63. The van der Waals surface area contributed by atoms with Crippen LogP contribution < -0.4 is 4.90 Å². The fraction of sp³-hybridized carbons (Fsp3) is 0.143. The lowest BCUT2D eigenvalue weighted by Gasteiger charge is -2.19. The molecule has 0 fully saturated rings. The second-order valence-electron chi connectivity index (χ2n) is 3.99. The number of pyridine rings is 1. The Balaban J connectivity index is 2.13. The highest BCUT2D eigenvalue weighted by molar-refractivity contribution is 5.46. The summed E-state index contributed by atoms with van der Waals surface area (Å²) in [7, 11) is 1.92. The van der Waals surface area contributed by atoms with Crippen LogP contribution in [0.3, 0.4) is 0 Å². The summed E-state index contributed by atoms with van der Waals surface area (Å²) in [6, 6.07) is 11.9. The zero-order valence-corrected chi connectivity index (χ0v) is 9.97. The molecule has 2 aromatic rings. The predicted octanol–water partition coefficient (Wildman–Crippen LogP) is 2.73. The van der Waals surface area contributed by atoms with Gasteiger partial charge in [-0.1, -0.05) is 0 Å². The van der Waals surface area contributed by atoms with Gasteiger partial charge in [-0.2, -0.15) is 5.26 Å². The Labute approximate surface area is 105 Å². The highest BCUT2D eigenvalue weighted by atomic mass is 19.1. The zero-order valence-electron chi connectivity index (χ0n) is 9.97. The second-order valence-corrected chi connectivity index (χ2v) is 3.99. The molecule has 0 aliphatic heterocycles. The van der Waals surface area contributed by atoms with Gasteiger partial charge in [0.05, 0.1) is 0 Å². The van der Waals surface area contributed by atoms with Crippen molar-refractivity contribution in [3.8, 4) is 6.07 Å². The van der Waals surface area contributed by atoms with E-state index in [1.807, 2.05) is 24.1 Å². The van der Waals surface area contributed by atoms with Crippen molar-refractivity contribution in [2.45, 2.75) is 6.54 Å². The average Bonchev–Trinajstić information content (AvgIpc) is 2.39. The van der Waals surface area contributed by atoms with Crippen molar-refractivity contribution in [2.75, 3.05) is 11.9 Å². The van der Waals surface area contributed by atoms with Crippen molar-refractivity contribution in [2.24, 2.45) is 0 Å². The number of nitriles is 1. The normalized spacial score (nSPS) is 9.83. The van der Waals surface area contributed by atoms with E-state index in [2.05, 4.69) is 4.98 Å². The first kappa shape index (κ1) is 12.1. The molecular formula is C14H12FN3. The molecule has 1 heterocycles. The van der Waals surface area contributed by atoms with Gasteiger partial charge in [-0.05, 0) is 42.0 Å². The number of rotatable bonds is 3. The first-order chi connectivity index (χ1) is 8.69. The average molecular weight is 241 g/mol. The van der Waals surface area contributed by atoms with Crippen LogP contribution in [0, 0.1) is 17.1 Å². The van der Waals surface area contributed by atoms with E-state index in [-0.39, 0.29) is 5.82 Å². The van der Waals surface area contributed by atoms with E-state index in [1.54, 1.807) is 24.4 Å². The number of benzene rings is 1. The first-order valence-electron chi connectivity index (χ1n) is 5.51. The van der Waals surface area contributed by atoms with Crippen LogP contribution in [0.1, 0.15) is 11.3 Å². The van der Waals surface area contributed by atoms with Crippen molar-refractivity contribution < 1.29 is 4.39 Å². The van der Waals surface area contributed by atoms with Gasteiger partial charge < -0.3 is 4.90 Å². The molecule has 0 N–H and O–H groups in total. The third kappa shape index (κ3) is 2.83. The Morgan fingerprint density at radius 2 is 2.00 bits per heavy atom. The summed E-state index contributed by atoms with van der Waals surface area (Å²) in [5.74, 6) is -0.247. The van der Waals surface area contributed by atoms with Crippen LogP contribution >= 0.6 is 0 Å². The largest absolute Gasteiger partial charge is 0.370 e. The fourth-order valence-electron chi connectivity index (χ4n) is 1.69. The van der Waals surface area contributed by atoms with E-state index in [0.717, 1.165) is 11.3 Å². The van der Waals surface area contributed by atoms with Crippen LogP contribution in [-0.4, -0.2) is 12.0 Å². The van der Waals surface area contributed by atoms with Gasteiger partial charge in [0, 0.05) is 25.5 Å². The first-order valence-corrected chi connectivity index (χ1v) is 5.51. The van der Waals surface area contributed by atoms with Gasteiger partial charge in [-0.3, -0.25) is 0 Å². The zero-order chi connectivity index (χ0) is 13.0. The Hall–Kier alpha value is -2.41. The molecule has 0 aliphatic rings.